The van der Waals surface area contributed by atoms with Crippen molar-refractivity contribution in [2.45, 2.75) is 12.7 Å². The number of ether oxygens (including phenoxy) is 1. The third-order valence-electron chi connectivity index (χ3n) is 2.92. The van der Waals surface area contributed by atoms with E-state index >= 15 is 0 Å². The number of nitrogens with one attached hydrogen (secondary N) is 1. The highest BCUT2D eigenvalue weighted by Gasteiger charge is 2.15. The fourth-order valence-electron chi connectivity index (χ4n) is 1.77. The van der Waals surface area contributed by atoms with Crippen LogP contribution in [0.1, 0.15) is 17.2 Å². The molecule has 0 aliphatic carbocycles. The number of hydrogen-bond donors (Lipinski definition) is 3. The zero-order chi connectivity index (χ0) is 15.9. The van der Waals surface area contributed by atoms with Crippen LogP contribution in [0.25, 0.3) is 0 Å². The van der Waals surface area contributed by atoms with Crippen molar-refractivity contribution in [1.29, 1.82) is 0 Å². The molecule has 0 spiro atoms. The lowest BCUT2D eigenvalue weighted by Crippen LogP contribution is -2.14. The molecule has 0 saturated heterocycles. The van der Waals surface area contributed by atoms with Gasteiger partial charge in [0.05, 0.1) is 0 Å². The molecule has 2 aromatic rings. The maximum absolute atomic E-state index is 11.6. The number of aliphatic hydroxyl groups excluding tert-OH is 1. The number of amides is 1. The summed E-state index contributed by atoms with van der Waals surface area (Å²) in [5.74, 6) is -1.33. The number of benzene rings is 2. The van der Waals surface area contributed by atoms with E-state index < -0.39 is 18.2 Å². The monoisotopic (exact) mass is 301 g/mol. The highest BCUT2D eigenvalue weighted by Crippen LogP contribution is 2.16. The third-order valence-corrected chi connectivity index (χ3v) is 2.92. The van der Waals surface area contributed by atoms with Crippen molar-refractivity contribution < 1.29 is 24.5 Å². The van der Waals surface area contributed by atoms with Crippen molar-refractivity contribution in [3.63, 3.8) is 0 Å². The molecule has 0 aliphatic rings. The molecule has 114 valence electrons. The number of hydrogen-bond acceptors (Lipinski definition) is 4. The number of carbonyl (C=O) groups is 2. The SMILES string of the molecule is O=C(Nc1ccc(C(O)C(=O)O)cc1)OCc1ccccc1. The molecule has 1 atom stereocenters. The summed E-state index contributed by atoms with van der Waals surface area (Å²) < 4.78 is 5.05. The second kappa shape index (κ2) is 7.24. The molecular formula is C16H15NO5. The lowest BCUT2D eigenvalue weighted by atomic mass is 10.1. The quantitative estimate of drug-likeness (QED) is 0.788. The number of aliphatic carboxylic acids is 1. The Kier molecular flexibility index (Phi) is 5.11. The summed E-state index contributed by atoms with van der Waals surface area (Å²) in [6.45, 7) is 0.155. The number of carboxylic acids is 1. The molecule has 2 rings (SSSR count). The Morgan fingerprint density at radius 2 is 1.68 bits per heavy atom. The number of aliphatic hydroxyl groups is 1. The van der Waals surface area contributed by atoms with E-state index in [1.165, 1.54) is 24.3 Å². The maximum atomic E-state index is 11.6. The molecule has 0 heterocycles. The van der Waals surface area contributed by atoms with Gasteiger partial charge in [-0.1, -0.05) is 42.5 Å². The van der Waals surface area contributed by atoms with Crippen LogP contribution in [0.5, 0.6) is 0 Å². The summed E-state index contributed by atoms with van der Waals surface area (Å²) in [7, 11) is 0. The van der Waals surface area contributed by atoms with E-state index in [0.717, 1.165) is 5.56 Å². The second-order valence-corrected chi connectivity index (χ2v) is 4.55. The van der Waals surface area contributed by atoms with Gasteiger partial charge in [-0.2, -0.15) is 0 Å². The fourth-order valence-corrected chi connectivity index (χ4v) is 1.77. The van der Waals surface area contributed by atoms with Gasteiger partial charge in [-0.25, -0.2) is 9.59 Å². The number of anilines is 1. The summed E-state index contributed by atoms with van der Waals surface area (Å²) in [6, 6.07) is 15.1. The van der Waals surface area contributed by atoms with Gasteiger partial charge < -0.3 is 14.9 Å². The van der Waals surface area contributed by atoms with Crippen molar-refractivity contribution in [3.8, 4) is 0 Å². The molecule has 1 unspecified atom stereocenters. The van der Waals surface area contributed by atoms with Crippen LogP contribution in [0.2, 0.25) is 0 Å². The van der Waals surface area contributed by atoms with Gasteiger partial charge in [-0.05, 0) is 23.3 Å². The summed E-state index contributed by atoms with van der Waals surface area (Å²) in [5, 5.41) is 20.6. The van der Waals surface area contributed by atoms with E-state index in [0.29, 0.717) is 5.69 Å². The minimum atomic E-state index is -1.58. The highest BCUT2D eigenvalue weighted by atomic mass is 16.5. The highest BCUT2D eigenvalue weighted by molar-refractivity contribution is 5.84. The lowest BCUT2D eigenvalue weighted by Gasteiger charge is -2.09. The molecule has 22 heavy (non-hydrogen) atoms. The Bertz CT molecular complexity index is 639. The first kappa shape index (κ1) is 15.5. The van der Waals surface area contributed by atoms with Crippen LogP contribution < -0.4 is 5.32 Å². The minimum Gasteiger partial charge on any atom is -0.479 e. The molecule has 0 saturated carbocycles. The van der Waals surface area contributed by atoms with E-state index in [-0.39, 0.29) is 12.2 Å². The lowest BCUT2D eigenvalue weighted by molar-refractivity contribution is -0.146. The van der Waals surface area contributed by atoms with E-state index in [1.807, 2.05) is 30.3 Å². The topological polar surface area (TPSA) is 95.9 Å². The van der Waals surface area contributed by atoms with Crippen LogP contribution in [-0.4, -0.2) is 22.3 Å². The molecule has 0 aromatic heterocycles. The molecule has 0 fully saturated rings. The van der Waals surface area contributed by atoms with Gasteiger partial charge in [0.1, 0.15) is 6.61 Å². The van der Waals surface area contributed by atoms with Crippen LogP contribution in [0.15, 0.2) is 54.6 Å². The summed E-state index contributed by atoms with van der Waals surface area (Å²) in [5.41, 5.74) is 1.55. The van der Waals surface area contributed by atoms with Gasteiger partial charge in [0.15, 0.2) is 6.10 Å². The number of carboxylic acid groups (broad SMARTS) is 1. The van der Waals surface area contributed by atoms with Gasteiger partial charge >= 0.3 is 12.1 Å². The van der Waals surface area contributed by atoms with E-state index in [9.17, 15) is 14.7 Å². The van der Waals surface area contributed by atoms with Crippen LogP contribution in [0.4, 0.5) is 10.5 Å². The standard InChI is InChI=1S/C16H15NO5/c18-14(15(19)20)12-6-8-13(9-7-12)17-16(21)22-10-11-4-2-1-3-5-11/h1-9,14,18H,10H2,(H,17,21)(H,19,20). The first-order valence-electron chi connectivity index (χ1n) is 6.55. The van der Waals surface area contributed by atoms with Crippen LogP contribution in [-0.2, 0) is 16.1 Å². The predicted molar refractivity (Wildman–Crippen MR) is 79.3 cm³/mol. The zero-order valence-corrected chi connectivity index (χ0v) is 11.6. The normalized spacial score (nSPS) is 11.5. The largest absolute Gasteiger partial charge is 0.479 e. The predicted octanol–water partition coefficient (Wildman–Crippen LogP) is 2.55. The molecule has 3 N–H and O–H groups in total. The summed E-state index contributed by atoms with van der Waals surface area (Å²) >= 11 is 0. The van der Waals surface area contributed by atoms with Crippen molar-refractivity contribution in [2.24, 2.45) is 0 Å². The van der Waals surface area contributed by atoms with Gasteiger partial charge in [0.2, 0.25) is 0 Å². The van der Waals surface area contributed by atoms with Crippen molar-refractivity contribution >= 4 is 17.7 Å². The second-order valence-electron chi connectivity index (χ2n) is 4.55. The summed E-state index contributed by atoms with van der Waals surface area (Å²) in [4.78, 5) is 22.3. The smallest absolute Gasteiger partial charge is 0.411 e. The van der Waals surface area contributed by atoms with E-state index in [1.54, 1.807) is 0 Å². The molecule has 2 aromatic carbocycles. The molecule has 0 radical (unpaired) electrons. The molecule has 0 bridgehead atoms. The minimum absolute atomic E-state index is 0.155. The molecule has 6 heteroatoms. The van der Waals surface area contributed by atoms with Crippen LogP contribution in [0.3, 0.4) is 0 Å². The van der Waals surface area contributed by atoms with Gasteiger partial charge in [0.25, 0.3) is 0 Å². The Morgan fingerprint density at radius 3 is 2.27 bits per heavy atom. The first-order valence-corrected chi connectivity index (χ1v) is 6.55. The molecule has 6 nitrogen and oxygen atoms in total. The Balaban J connectivity index is 1.88. The van der Waals surface area contributed by atoms with Gasteiger partial charge in [-0.15, -0.1) is 0 Å². The van der Waals surface area contributed by atoms with Crippen molar-refractivity contribution in [3.05, 3.63) is 65.7 Å². The molecular weight excluding hydrogens is 286 g/mol. The van der Waals surface area contributed by atoms with Gasteiger partial charge in [0, 0.05) is 5.69 Å². The average Bonchev–Trinajstić information content (AvgIpc) is 2.54. The number of carbonyl (C=O) groups excluding carboxylic acids is 1. The van der Waals surface area contributed by atoms with E-state index in [4.69, 9.17) is 9.84 Å². The Hall–Kier alpha value is -2.86. The van der Waals surface area contributed by atoms with Crippen molar-refractivity contribution in [1.82, 2.24) is 0 Å². The maximum Gasteiger partial charge on any atom is 0.411 e. The number of rotatable bonds is 5. The Labute approximate surface area is 127 Å². The van der Waals surface area contributed by atoms with Crippen LogP contribution >= 0.6 is 0 Å². The first-order chi connectivity index (χ1) is 10.6. The third kappa shape index (κ3) is 4.32. The molecule has 0 aliphatic heterocycles. The van der Waals surface area contributed by atoms with Crippen LogP contribution in [0, 0.1) is 0 Å². The van der Waals surface area contributed by atoms with Gasteiger partial charge in [-0.3, -0.25) is 5.32 Å². The fraction of sp³-hybridized carbons (Fsp3) is 0.125. The Morgan fingerprint density at radius 1 is 1.05 bits per heavy atom. The molecule has 1 amide bonds. The van der Waals surface area contributed by atoms with E-state index in [2.05, 4.69) is 5.32 Å². The zero-order valence-electron chi connectivity index (χ0n) is 11.6. The van der Waals surface area contributed by atoms with Crippen molar-refractivity contribution in [2.75, 3.05) is 5.32 Å². The average molecular weight is 301 g/mol. The summed E-state index contributed by atoms with van der Waals surface area (Å²) in [6.07, 6.45) is -2.20.